The molecule has 1 aliphatic heterocycles. The number of aromatic nitrogens is 1. The predicted octanol–water partition coefficient (Wildman–Crippen LogP) is 6.20. The number of halogens is 2. The molecule has 0 amide bonds. The lowest BCUT2D eigenvalue weighted by Gasteiger charge is -2.26. The quantitative estimate of drug-likeness (QED) is 0.184. The van der Waals surface area contributed by atoms with E-state index in [2.05, 4.69) is 20.9 Å². The van der Waals surface area contributed by atoms with Crippen molar-refractivity contribution in [3.63, 3.8) is 0 Å². The average Bonchev–Trinajstić information content (AvgIpc) is 3.30. The van der Waals surface area contributed by atoms with Gasteiger partial charge < -0.3 is 18.9 Å². The Morgan fingerprint density at radius 1 is 1.07 bits per heavy atom. The van der Waals surface area contributed by atoms with Crippen molar-refractivity contribution in [2.45, 2.75) is 33.4 Å². The number of carbonyl (C=O) groups excluding carboxylic acids is 1. The molecule has 8 nitrogen and oxygen atoms in total. The molecular weight excluding hydrogens is 668 g/mol. The van der Waals surface area contributed by atoms with Crippen molar-refractivity contribution >= 4 is 50.9 Å². The van der Waals surface area contributed by atoms with Gasteiger partial charge >= 0.3 is 5.97 Å². The van der Waals surface area contributed by atoms with Crippen molar-refractivity contribution in [1.82, 2.24) is 4.57 Å². The number of benzene rings is 3. The summed E-state index contributed by atoms with van der Waals surface area (Å²) in [6.07, 6.45) is 1.80. The second kappa shape index (κ2) is 13.8. The Morgan fingerprint density at radius 3 is 2.55 bits per heavy atom. The highest BCUT2D eigenvalue weighted by Gasteiger charge is 2.35. The van der Waals surface area contributed by atoms with E-state index in [4.69, 9.17) is 30.5 Å². The standard InChI is InChI=1S/C33H30BrClN2O6S/c1-5-41-27-17-25(34)24(16-26(27)40-4)30-29(32(39)42-6-2)19(3)36-33-37(30)31(38)28(44-33)15-21-8-7-9-23(14-21)43-18-20-10-12-22(35)13-11-20/h7-17,30H,5-6,18H2,1-4H3/b28-15+/t30-/m1/s1. The van der Waals surface area contributed by atoms with Crippen LogP contribution in [-0.4, -0.2) is 30.9 Å². The van der Waals surface area contributed by atoms with Crippen LogP contribution in [0.5, 0.6) is 17.2 Å². The van der Waals surface area contributed by atoms with Gasteiger partial charge in [0.15, 0.2) is 16.3 Å². The number of fused-ring (bicyclic) bond motifs is 1. The fourth-order valence-electron chi connectivity index (χ4n) is 4.87. The van der Waals surface area contributed by atoms with Crippen molar-refractivity contribution < 1.29 is 23.7 Å². The number of allylic oxidation sites excluding steroid dienone is 1. The van der Waals surface area contributed by atoms with Crippen LogP contribution in [0.2, 0.25) is 5.02 Å². The van der Waals surface area contributed by atoms with Crippen LogP contribution in [-0.2, 0) is 16.1 Å². The van der Waals surface area contributed by atoms with Crippen molar-refractivity contribution in [3.8, 4) is 17.2 Å². The molecule has 0 aliphatic carbocycles. The molecule has 1 aliphatic rings. The van der Waals surface area contributed by atoms with Gasteiger partial charge in [0.2, 0.25) is 0 Å². The molecule has 44 heavy (non-hydrogen) atoms. The number of rotatable bonds is 10. The van der Waals surface area contributed by atoms with Gasteiger partial charge in [-0.15, -0.1) is 0 Å². The topological polar surface area (TPSA) is 88.4 Å². The van der Waals surface area contributed by atoms with Crippen LogP contribution in [0.15, 0.2) is 86.2 Å². The van der Waals surface area contributed by atoms with Crippen LogP contribution in [0.1, 0.15) is 43.5 Å². The fraction of sp³-hybridized carbons (Fsp3) is 0.242. The highest BCUT2D eigenvalue weighted by atomic mass is 79.9. The van der Waals surface area contributed by atoms with Gasteiger partial charge in [-0.3, -0.25) is 9.36 Å². The number of nitrogens with zero attached hydrogens (tertiary/aromatic N) is 2. The molecule has 4 aromatic rings. The van der Waals surface area contributed by atoms with E-state index >= 15 is 0 Å². The third-order valence-corrected chi connectivity index (χ3v) is 8.79. The number of hydrogen-bond donors (Lipinski definition) is 0. The molecule has 5 rings (SSSR count). The Labute approximate surface area is 272 Å². The SMILES string of the molecule is CCOC(=O)C1=C(C)N=c2s/c(=C/c3cccc(OCc4ccc(Cl)cc4)c3)c(=O)n2[C@@H]1c1cc(OC)c(OCC)cc1Br. The lowest BCUT2D eigenvalue weighted by atomic mass is 9.95. The normalized spacial score (nSPS) is 14.6. The monoisotopic (exact) mass is 696 g/mol. The molecule has 0 bridgehead atoms. The molecular formula is C33H30BrClN2O6S. The maximum Gasteiger partial charge on any atom is 0.338 e. The molecule has 0 spiro atoms. The Bertz CT molecular complexity index is 1920. The second-order valence-corrected chi connectivity index (χ2v) is 12.0. The van der Waals surface area contributed by atoms with E-state index < -0.39 is 12.0 Å². The summed E-state index contributed by atoms with van der Waals surface area (Å²) in [6.45, 7) is 6.36. The van der Waals surface area contributed by atoms with Crippen molar-refractivity contribution in [1.29, 1.82) is 0 Å². The van der Waals surface area contributed by atoms with Crippen LogP contribution in [0.3, 0.4) is 0 Å². The van der Waals surface area contributed by atoms with Gasteiger partial charge in [-0.25, -0.2) is 9.79 Å². The highest BCUT2D eigenvalue weighted by molar-refractivity contribution is 9.10. The number of esters is 1. The molecule has 0 unspecified atom stereocenters. The Kier molecular flexibility index (Phi) is 9.93. The minimum atomic E-state index is -0.819. The van der Waals surface area contributed by atoms with Gasteiger partial charge in [0.25, 0.3) is 5.56 Å². The van der Waals surface area contributed by atoms with Gasteiger partial charge in [-0.1, -0.05) is 63.1 Å². The molecule has 0 N–H and O–H groups in total. The van der Waals surface area contributed by atoms with Gasteiger partial charge in [-0.05, 0) is 79.9 Å². The summed E-state index contributed by atoms with van der Waals surface area (Å²) in [4.78, 5) is 32.5. The van der Waals surface area contributed by atoms with Crippen LogP contribution in [0.4, 0.5) is 0 Å². The molecule has 11 heteroatoms. The lowest BCUT2D eigenvalue weighted by Crippen LogP contribution is -2.40. The van der Waals surface area contributed by atoms with E-state index in [0.717, 1.165) is 11.1 Å². The minimum Gasteiger partial charge on any atom is -0.493 e. The maximum atomic E-state index is 14.1. The molecule has 1 atom stereocenters. The molecule has 0 saturated carbocycles. The number of thiazole rings is 1. The van der Waals surface area contributed by atoms with Crippen LogP contribution < -0.4 is 29.1 Å². The summed E-state index contributed by atoms with van der Waals surface area (Å²) in [6, 6.07) is 17.7. The summed E-state index contributed by atoms with van der Waals surface area (Å²) < 4.78 is 25.4. The van der Waals surface area contributed by atoms with Crippen molar-refractivity contribution in [3.05, 3.63) is 118 Å². The fourth-order valence-corrected chi connectivity index (χ4v) is 6.58. The van der Waals surface area contributed by atoms with Crippen LogP contribution >= 0.6 is 38.9 Å². The van der Waals surface area contributed by atoms with Crippen LogP contribution in [0, 0.1) is 0 Å². The van der Waals surface area contributed by atoms with E-state index in [9.17, 15) is 9.59 Å². The maximum absolute atomic E-state index is 14.1. The van der Waals surface area contributed by atoms with E-state index in [1.54, 1.807) is 39.2 Å². The van der Waals surface area contributed by atoms with E-state index in [1.165, 1.54) is 15.9 Å². The molecule has 3 aromatic carbocycles. The zero-order valence-corrected chi connectivity index (χ0v) is 27.7. The van der Waals surface area contributed by atoms with Gasteiger partial charge in [0.1, 0.15) is 12.4 Å². The Balaban J connectivity index is 1.59. The zero-order chi connectivity index (χ0) is 31.4. The minimum absolute atomic E-state index is 0.178. The first-order valence-corrected chi connectivity index (χ1v) is 15.9. The summed E-state index contributed by atoms with van der Waals surface area (Å²) in [7, 11) is 1.54. The van der Waals surface area contributed by atoms with Crippen molar-refractivity contribution in [2.75, 3.05) is 20.3 Å². The first kappa shape index (κ1) is 31.6. The predicted molar refractivity (Wildman–Crippen MR) is 174 cm³/mol. The number of methoxy groups -OCH3 is 1. The van der Waals surface area contributed by atoms with Gasteiger partial charge in [0, 0.05) is 9.50 Å². The first-order valence-electron chi connectivity index (χ1n) is 13.9. The number of hydrogen-bond acceptors (Lipinski definition) is 8. The lowest BCUT2D eigenvalue weighted by molar-refractivity contribution is -0.139. The number of carbonyl (C=O) groups is 1. The Morgan fingerprint density at radius 2 is 1.84 bits per heavy atom. The van der Waals surface area contributed by atoms with Gasteiger partial charge in [0.05, 0.1) is 42.2 Å². The first-order chi connectivity index (χ1) is 21.2. The molecule has 1 aromatic heterocycles. The third kappa shape index (κ3) is 6.62. The summed E-state index contributed by atoms with van der Waals surface area (Å²) >= 11 is 10.9. The molecule has 0 saturated heterocycles. The summed E-state index contributed by atoms with van der Waals surface area (Å²) in [5, 5.41) is 0.665. The molecule has 0 fully saturated rings. The van der Waals surface area contributed by atoms with E-state index in [0.29, 0.717) is 60.6 Å². The highest BCUT2D eigenvalue weighted by Crippen LogP contribution is 2.41. The molecule has 228 valence electrons. The number of ether oxygens (including phenoxy) is 4. The van der Waals surface area contributed by atoms with Crippen molar-refractivity contribution in [2.24, 2.45) is 4.99 Å². The zero-order valence-electron chi connectivity index (χ0n) is 24.6. The average molecular weight is 698 g/mol. The largest absolute Gasteiger partial charge is 0.493 e. The van der Waals surface area contributed by atoms with Gasteiger partial charge in [-0.2, -0.15) is 0 Å². The molecule has 2 heterocycles. The van der Waals surface area contributed by atoms with E-state index in [-0.39, 0.29) is 17.7 Å². The Hall–Kier alpha value is -3.86. The molecule has 0 radical (unpaired) electrons. The smallest absolute Gasteiger partial charge is 0.338 e. The third-order valence-electron chi connectivity index (χ3n) is 6.87. The summed E-state index contributed by atoms with van der Waals surface area (Å²) in [5.41, 5.74) is 2.85. The van der Waals surface area contributed by atoms with Crippen LogP contribution in [0.25, 0.3) is 6.08 Å². The van der Waals surface area contributed by atoms with E-state index in [1.807, 2.05) is 55.5 Å². The summed E-state index contributed by atoms with van der Waals surface area (Å²) in [5.74, 6) is 1.12. The second-order valence-electron chi connectivity index (χ2n) is 9.75.